The smallest absolute Gasteiger partial charge is 0.0327 e. The molecule has 1 nitrogen and oxygen atoms in total. The summed E-state index contributed by atoms with van der Waals surface area (Å²) in [4.78, 5) is 2.71. The van der Waals surface area contributed by atoms with E-state index in [0.717, 1.165) is 18.8 Å². The zero-order chi connectivity index (χ0) is 11.9. The van der Waals surface area contributed by atoms with Crippen LogP contribution in [0.3, 0.4) is 0 Å². The lowest BCUT2D eigenvalue weighted by molar-refractivity contribution is 0.739. The Bertz CT molecular complexity index is 442. The number of thioether (sulfide) groups is 1. The number of hydrogen-bond acceptors (Lipinski definition) is 3. The van der Waals surface area contributed by atoms with Crippen LogP contribution in [0.25, 0.3) is 0 Å². The van der Waals surface area contributed by atoms with Crippen molar-refractivity contribution in [2.45, 2.75) is 11.4 Å². The van der Waals surface area contributed by atoms with E-state index in [1.54, 1.807) is 11.3 Å². The molecule has 0 saturated heterocycles. The molecule has 0 saturated carbocycles. The van der Waals surface area contributed by atoms with Gasteiger partial charge in [0.25, 0.3) is 0 Å². The summed E-state index contributed by atoms with van der Waals surface area (Å²) in [5, 5.41) is 5.57. The molecule has 0 bridgehead atoms. The fraction of sp³-hybridized carbons (Fsp3) is 0.231. The normalized spacial score (nSPS) is 10.6. The third-order valence-corrected chi connectivity index (χ3v) is 5.21. The van der Waals surface area contributed by atoms with Crippen molar-refractivity contribution in [3.63, 3.8) is 0 Å². The highest BCUT2D eigenvalue weighted by molar-refractivity contribution is 9.10. The van der Waals surface area contributed by atoms with Crippen LogP contribution in [0.4, 0.5) is 0 Å². The third-order valence-electron chi connectivity index (χ3n) is 2.27. The van der Waals surface area contributed by atoms with Crippen molar-refractivity contribution in [1.29, 1.82) is 0 Å². The SMILES string of the molecule is Brc1ccsc1CNCCSc1ccccc1. The highest BCUT2D eigenvalue weighted by Gasteiger charge is 1.99. The molecule has 1 aromatic heterocycles. The van der Waals surface area contributed by atoms with Crippen LogP contribution in [0.1, 0.15) is 4.88 Å². The Morgan fingerprint density at radius 1 is 1.18 bits per heavy atom. The Morgan fingerprint density at radius 3 is 2.71 bits per heavy atom. The summed E-state index contributed by atoms with van der Waals surface area (Å²) in [5.41, 5.74) is 0. The quantitative estimate of drug-likeness (QED) is 0.623. The summed E-state index contributed by atoms with van der Waals surface area (Å²) in [7, 11) is 0. The second-order valence-corrected chi connectivity index (χ2v) is 6.55. The first-order chi connectivity index (χ1) is 8.36. The predicted molar refractivity (Wildman–Crippen MR) is 80.9 cm³/mol. The van der Waals surface area contributed by atoms with Crippen LogP contribution in [-0.4, -0.2) is 12.3 Å². The van der Waals surface area contributed by atoms with Gasteiger partial charge in [-0.25, -0.2) is 0 Å². The molecule has 1 N–H and O–H groups in total. The standard InChI is InChI=1S/C13H14BrNS2/c14-12-6-8-17-13(12)10-15-7-9-16-11-4-2-1-3-5-11/h1-6,8,15H,7,9-10H2. The molecule has 17 heavy (non-hydrogen) atoms. The maximum Gasteiger partial charge on any atom is 0.0327 e. The topological polar surface area (TPSA) is 12.0 Å². The number of rotatable bonds is 6. The molecule has 0 aliphatic carbocycles. The lowest BCUT2D eigenvalue weighted by atomic mass is 10.4. The largest absolute Gasteiger partial charge is 0.311 e. The van der Waals surface area contributed by atoms with Crippen LogP contribution in [0, 0.1) is 0 Å². The van der Waals surface area contributed by atoms with Crippen molar-refractivity contribution in [1.82, 2.24) is 5.32 Å². The fourth-order valence-corrected chi connectivity index (χ4v) is 3.70. The van der Waals surface area contributed by atoms with Gasteiger partial charge in [0.15, 0.2) is 0 Å². The van der Waals surface area contributed by atoms with Gasteiger partial charge in [-0.15, -0.1) is 23.1 Å². The summed E-state index contributed by atoms with van der Waals surface area (Å²) in [6, 6.07) is 12.6. The third kappa shape index (κ3) is 4.47. The minimum absolute atomic E-state index is 0.952. The monoisotopic (exact) mass is 327 g/mol. The summed E-state index contributed by atoms with van der Waals surface area (Å²) in [6.45, 7) is 1.98. The molecule has 90 valence electrons. The molecule has 0 aliphatic heterocycles. The molecule has 4 heteroatoms. The zero-order valence-corrected chi connectivity index (χ0v) is 12.6. The molecule has 1 aromatic carbocycles. The van der Waals surface area contributed by atoms with Gasteiger partial charge in [0.2, 0.25) is 0 Å². The molecular weight excluding hydrogens is 314 g/mol. The molecule has 0 aliphatic rings. The molecule has 0 amide bonds. The first-order valence-electron chi connectivity index (χ1n) is 5.46. The van der Waals surface area contributed by atoms with Gasteiger partial charge in [-0.3, -0.25) is 0 Å². The van der Waals surface area contributed by atoms with E-state index in [1.165, 1.54) is 14.2 Å². The van der Waals surface area contributed by atoms with Gasteiger partial charge in [0, 0.05) is 33.1 Å². The maximum absolute atomic E-state index is 3.54. The Hall–Kier alpha value is -0.290. The van der Waals surface area contributed by atoms with Gasteiger partial charge in [0.05, 0.1) is 0 Å². The van der Waals surface area contributed by atoms with E-state index in [-0.39, 0.29) is 0 Å². The summed E-state index contributed by atoms with van der Waals surface area (Å²) < 4.78 is 1.21. The molecule has 2 aromatic rings. The first-order valence-corrected chi connectivity index (χ1v) is 8.12. The van der Waals surface area contributed by atoms with Crippen molar-refractivity contribution >= 4 is 39.0 Å². The van der Waals surface area contributed by atoms with Crippen LogP contribution in [-0.2, 0) is 6.54 Å². The van der Waals surface area contributed by atoms with Crippen molar-refractivity contribution in [2.24, 2.45) is 0 Å². The molecule has 0 fully saturated rings. The number of benzene rings is 1. The zero-order valence-electron chi connectivity index (χ0n) is 9.36. The average Bonchev–Trinajstić information content (AvgIpc) is 2.76. The second kappa shape index (κ2) is 7.21. The Morgan fingerprint density at radius 2 is 2.00 bits per heavy atom. The van der Waals surface area contributed by atoms with Gasteiger partial charge < -0.3 is 5.32 Å². The average molecular weight is 328 g/mol. The van der Waals surface area contributed by atoms with Crippen molar-refractivity contribution < 1.29 is 0 Å². The predicted octanol–water partition coefficient (Wildman–Crippen LogP) is 4.39. The van der Waals surface area contributed by atoms with E-state index >= 15 is 0 Å². The van der Waals surface area contributed by atoms with Crippen LogP contribution >= 0.6 is 39.0 Å². The first kappa shape index (κ1) is 13.1. The molecule has 0 radical (unpaired) electrons. The van der Waals surface area contributed by atoms with Crippen LogP contribution < -0.4 is 5.32 Å². The van der Waals surface area contributed by atoms with E-state index in [2.05, 4.69) is 63.0 Å². The Labute approximate surface area is 119 Å². The van der Waals surface area contributed by atoms with Gasteiger partial charge in [0.1, 0.15) is 0 Å². The Kier molecular flexibility index (Phi) is 5.58. The van der Waals surface area contributed by atoms with Gasteiger partial charge in [-0.2, -0.15) is 0 Å². The van der Waals surface area contributed by atoms with E-state index in [0.29, 0.717) is 0 Å². The van der Waals surface area contributed by atoms with Crippen molar-refractivity contribution in [3.8, 4) is 0 Å². The minimum atomic E-state index is 0.952. The van der Waals surface area contributed by atoms with E-state index in [4.69, 9.17) is 0 Å². The summed E-state index contributed by atoms with van der Waals surface area (Å²) >= 11 is 7.22. The highest BCUT2D eigenvalue weighted by atomic mass is 79.9. The Balaban J connectivity index is 1.63. The molecule has 2 rings (SSSR count). The van der Waals surface area contributed by atoms with Crippen LogP contribution in [0.2, 0.25) is 0 Å². The maximum atomic E-state index is 3.54. The fourth-order valence-electron chi connectivity index (χ4n) is 1.41. The van der Waals surface area contributed by atoms with Gasteiger partial charge >= 0.3 is 0 Å². The van der Waals surface area contributed by atoms with Crippen LogP contribution in [0.15, 0.2) is 51.1 Å². The van der Waals surface area contributed by atoms with E-state index < -0.39 is 0 Å². The molecule has 0 unspecified atom stereocenters. The summed E-state index contributed by atoms with van der Waals surface area (Å²) in [6.07, 6.45) is 0. The number of thiophene rings is 1. The number of halogens is 1. The van der Waals surface area contributed by atoms with Crippen molar-refractivity contribution in [3.05, 3.63) is 51.1 Å². The van der Waals surface area contributed by atoms with E-state index in [1.807, 2.05) is 11.8 Å². The van der Waals surface area contributed by atoms with Crippen molar-refractivity contribution in [2.75, 3.05) is 12.3 Å². The molecule has 0 spiro atoms. The van der Waals surface area contributed by atoms with E-state index in [9.17, 15) is 0 Å². The highest BCUT2D eigenvalue weighted by Crippen LogP contribution is 2.22. The minimum Gasteiger partial charge on any atom is -0.311 e. The second-order valence-electron chi connectivity index (χ2n) is 3.53. The summed E-state index contributed by atoms with van der Waals surface area (Å²) in [5.74, 6) is 1.10. The molecular formula is C13H14BrNS2. The lowest BCUT2D eigenvalue weighted by Crippen LogP contribution is -2.15. The van der Waals surface area contributed by atoms with Crippen LogP contribution in [0.5, 0.6) is 0 Å². The molecule has 0 atom stereocenters. The molecule has 1 heterocycles. The lowest BCUT2D eigenvalue weighted by Gasteiger charge is -2.04. The number of nitrogens with one attached hydrogen (secondary N) is 1. The van der Waals surface area contributed by atoms with Gasteiger partial charge in [-0.1, -0.05) is 18.2 Å². The number of hydrogen-bond donors (Lipinski definition) is 1. The van der Waals surface area contributed by atoms with Gasteiger partial charge in [-0.05, 0) is 39.5 Å².